The molecule has 1 amide bonds. The molecule has 3 aromatic carbocycles. The third-order valence-corrected chi connectivity index (χ3v) is 8.91. The molecular weight excluding hydrogens is 458 g/mol. The molecule has 0 radical (unpaired) electrons. The maximum absolute atomic E-state index is 13.2. The van der Waals surface area contributed by atoms with E-state index in [1.165, 1.54) is 15.4 Å². The van der Waals surface area contributed by atoms with Crippen LogP contribution in [0.5, 0.6) is 0 Å². The van der Waals surface area contributed by atoms with Crippen molar-refractivity contribution < 1.29 is 13.2 Å². The van der Waals surface area contributed by atoms with Gasteiger partial charge in [0, 0.05) is 44.8 Å². The minimum absolute atomic E-state index is 0.0502. The van der Waals surface area contributed by atoms with Gasteiger partial charge >= 0.3 is 0 Å². The van der Waals surface area contributed by atoms with Crippen LogP contribution in [-0.2, 0) is 10.0 Å². The van der Waals surface area contributed by atoms with E-state index in [0.717, 1.165) is 25.9 Å². The number of hydrogen-bond donors (Lipinski definition) is 0. The SMILES string of the molecule is O=C(c1ccc(S(=O)(=O)N2CCCC2)cc1)N1CCN(C(c2ccccc2)c2ccccc2)CC1. The van der Waals surface area contributed by atoms with Crippen LogP contribution in [0.15, 0.2) is 89.8 Å². The summed E-state index contributed by atoms with van der Waals surface area (Å²) in [6, 6.07) is 27.5. The van der Waals surface area contributed by atoms with Crippen molar-refractivity contribution in [1.82, 2.24) is 14.1 Å². The molecular formula is C28H31N3O3S. The molecule has 6 nitrogen and oxygen atoms in total. The first kappa shape index (κ1) is 23.7. The van der Waals surface area contributed by atoms with Crippen molar-refractivity contribution in [2.24, 2.45) is 0 Å². The highest BCUT2D eigenvalue weighted by molar-refractivity contribution is 7.89. The summed E-state index contributed by atoms with van der Waals surface area (Å²) < 4.78 is 27.1. The second kappa shape index (κ2) is 10.3. The molecule has 2 fully saturated rings. The van der Waals surface area contributed by atoms with Gasteiger partial charge in [0.2, 0.25) is 10.0 Å². The van der Waals surface area contributed by atoms with Crippen molar-refractivity contribution in [2.75, 3.05) is 39.3 Å². The quantitative estimate of drug-likeness (QED) is 0.525. The van der Waals surface area contributed by atoms with Crippen LogP contribution in [0.3, 0.4) is 0 Å². The molecule has 0 unspecified atom stereocenters. The Morgan fingerprint density at radius 1 is 0.657 bits per heavy atom. The molecule has 0 aliphatic carbocycles. The van der Waals surface area contributed by atoms with E-state index in [0.29, 0.717) is 31.7 Å². The molecule has 35 heavy (non-hydrogen) atoms. The van der Waals surface area contributed by atoms with Crippen molar-refractivity contribution in [3.63, 3.8) is 0 Å². The van der Waals surface area contributed by atoms with E-state index >= 15 is 0 Å². The van der Waals surface area contributed by atoms with Gasteiger partial charge in [-0.3, -0.25) is 9.69 Å². The summed E-state index contributed by atoms with van der Waals surface area (Å²) in [5, 5.41) is 0. The molecule has 3 aromatic rings. The minimum atomic E-state index is -3.47. The maximum Gasteiger partial charge on any atom is 0.253 e. The van der Waals surface area contributed by atoms with Gasteiger partial charge in [0.15, 0.2) is 0 Å². The molecule has 0 saturated carbocycles. The Hall–Kier alpha value is -3.00. The van der Waals surface area contributed by atoms with Crippen LogP contribution in [0.2, 0.25) is 0 Å². The zero-order valence-corrected chi connectivity index (χ0v) is 20.6. The Morgan fingerprint density at radius 2 is 1.17 bits per heavy atom. The van der Waals surface area contributed by atoms with E-state index in [1.807, 2.05) is 17.0 Å². The second-order valence-electron chi connectivity index (χ2n) is 9.19. The largest absolute Gasteiger partial charge is 0.336 e. The van der Waals surface area contributed by atoms with Gasteiger partial charge in [0.25, 0.3) is 5.91 Å². The van der Waals surface area contributed by atoms with Crippen LogP contribution < -0.4 is 0 Å². The van der Waals surface area contributed by atoms with Gasteiger partial charge in [-0.05, 0) is 48.2 Å². The molecule has 2 heterocycles. The Balaban J connectivity index is 1.27. The number of piperazine rings is 1. The topological polar surface area (TPSA) is 60.9 Å². The van der Waals surface area contributed by atoms with Crippen LogP contribution in [0.1, 0.15) is 40.4 Å². The molecule has 0 atom stereocenters. The number of carbonyl (C=O) groups is 1. The van der Waals surface area contributed by atoms with Crippen molar-refractivity contribution in [2.45, 2.75) is 23.8 Å². The van der Waals surface area contributed by atoms with Gasteiger partial charge in [-0.2, -0.15) is 4.31 Å². The first-order valence-electron chi connectivity index (χ1n) is 12.3. The van der Waals surface area contributed by atoms with Crippen LogP contribution >= 0.6 is 0 Å². The zero-order chi connectivity index (χ0) is 24.3. The number of rotatable bonds is 6. The fraction of sp³-hybridized carbons (Fsp3) is 0.321. The van der Waals surface area contributed by atoms with Crippen molar-refractivity contribution in [3.8, 4) is 0 Å². The maximum atomic E-state index is 13.2. The van der Waals surface area contributed by atoms with Crippen LogP contribution in [0, 0.1) is 0 Å². The number of nitrogens with zero attached hydrogens (tertiary/aromatic N) is 3. The molecule has 7 heteroatoms. The first-order chi connectivity index (χ1) is 17.0. The standard InChI is InChI=1S/C28H31N3O3S/c32-28(25-13-15-26(16-14-25)35(33,34)31-17-7-8-18-31)30-21-19-29(20-22-30)27(23-9-3-1-4-10-23)24-11-5-2-6-12-24/h1-6,9-16,27H,7-8,17-22H2. The Bertz CT molecular complexity index is 1190. The molecule has 0 aromatic heterocycles. The number of hydrogen-bond acceptors (Lipinski definition) is 4. The van der Waals surface area contributed by atoms with Gasteiger partial charge in [0.05, 0.1) is 10.9 Å². The molecule has 0 N–H and O–H groups in total. The summed E-state index contributed by atoms with van der Waals surface area (Å²) in [6.07, 6.45) is 1.80. The van der Waals surface area contributed by atoms with Gasteiger partial charge in [0.1, 0.15) is 0 Å². The van der Waals surface area contributed by atoms with E-state index in [1.54, 1.807) is 24.3 Å². The third-order valence-electron chi connectivity index (χ3n) is 7.00. The number of sulfonamides is 1. The van der Waals surface area contributed by atoms with E-state index in [9.17, 15) is 13.2 Å². The fourth-order valence-corrected chi connectivity index (χ4v) is 6.61. The highest BCUT2D eigenvalue weighted by Gasteiger charge is 2.30. The number of carbonyl (C=O) groups excluding carboxylic acids is 1. The average molecular weight is 490 g/mol. The van der Waals surface area contributed by atoms with Gasteiger partial charge in [-0.25, -0.2) is 8.42 Å². The van der Waals surface area contributed by atoms with Crippen LogP contribution in [0.4, 0.5) is 0 Å². The summed E-state index contributed by atoms with van der Waals surface area (Å²) in [4.78, 5) is 17.7. The highest BCUT2D eigenvalue weighted by atomic mass is 32.2. The van der Waals surface area contributed by atoms with Crippen LogP contribution in [0.25, 0.3) is 0 Å². The van der Waals surface area contributed by atoms with Gasteiger partial charge in [-0.15, -0.1) is 0 Å². The van der Waals surface area contributed by atoms with Gasteiger partial charge < -0.3 is 4.90 Å². The Kier molecular flexibility index (Phi) is 7.00. The first-order valence-corrected chi connectivity index (χ1v) is 13.7. The predicted octanol–water partition coefficient (Wildman–Crippen LogP) is 4.02. The second-order valence-corrected chi connectivity index (χ2v) is 11.1. The van der Waals surface area contributed by atoms with Crippen molar-refractivity contribution in [3.05, 3.63) is 102 Å². The minimum Gasteiger partial charge on any atom is -0.336 e. The summed E-state index contributed by atoms with van der Waals surface area (Å²) >= 11 is 0. The normalized spacial score (nSPS) is 17.7. The smallest absolute Gasteiger partial charge is 0.253 e. The number of benzene rings is 3. The molecule has 0 bridgehead atoms. The Morgan fingerprint density at radius 3 is 1.69 bits per heavy atom. The summed E-state index contributed by atoms with van der Waals surface area (Å²) in [6.45, 7) is 3.93. The lowest BCUT2D eigenvalue weighted by Gasteiger charge is -2.39. The highest BCUT2D eigenvalue weighted by Crippen LogP contribution is 2.30. The van der Waals surface area contributed by atoms with Crippen molar-refractivity contribution >= 4 is 15.9 Å². The van der Waals surface area contributed by atoms with Crippen LogP contribution in [-0.4, -0.2) is 67.7 Å². The summed E-state index contributed by atoms with van der Waals surface area (Å²) in [7, 11) is -3.47. The predicted molar refractivity (Wildman–Crippen MR) is 137 cm³/mol. The average Bonchev–Trinajstić information content (AvgIpc) is 3.47. The summed E-state index contributed by atoms with van der Waals surface area (Å²) in [5.41, 5.74) is 3.02. The lowest BCUT2D eigenvalue weighted by Crippen LogP contribution is -2.49. The lowest BCUT2D eigenvalue weighted by atomic mass is 9.96. The molecule has 0 spiro atoms. The molecule has 2 aliphatic rings. The third kappa shape index (κ3) is 5.03. The zero-order valence-electron chi connectivity index (χ0n) is 19.8. The Labute approximate surface area is 207 Å². The molecule has 5 rings (SSSR count). The molecule has 182 valence electrons. The molecule has 2 saturated heterocycles. The van der Waals surface area contributed by atoms with E-state index in [4.69, 9.17) is 0 Å². The monoisotopic (exact) mass is 489 g/mol. The molecule has 2 aliphatic heterocycles. The number of amides is 1. The van der Waals surface area contributed by atoms with Gasteiger partial charge in [-0.1, -0.05) is 60.7 Å². The van der Waals surface area contributed by atoms with E-state index < -0.39 is 10.0 Å². The van der Waals surface area contributed by atoms with E-state index in [2.05, 4.69) is 53.4 Å². The fourth-order valence-electron chi connectivity index (χ4n) is 5.10. The van der Waals surface area contributed by atoms with E-state index in [-0.39, 0.29) is 16.8 Å². The van der Waals surface area contributed by atoms with Crippen molar-refractivity contribution in [1.29, 1.82) is 0 Å². The lowest BCUT2D eigenvalue weighted by molar-refractivity contribution is 0.0597. The summed E-state index contributed by atoms with van der Waals surface area (Å²) in [5.74, 6) is -0.0502.